The number of likely N-dealkylation sites (tertiary alicyclic amines) is 1. The minimum Gasteiger partial charge on any atom is -0.462 e. The van der Waals surface area contributed by atoms with Gasteiger partial charge in [-0.25, -0.2) is 4.79 Å². The topological polar surface area (TPSA) is 119 Å². The molecule has 168 valence electrons. The van der Waals surface area contributed by atoms with E-state index >= 15 is 0 Å². The number of benzene rings is 2. The van der Waals surface area contributed by atoms with Crippen molar-refractivity contribution in [1.29, 1.82) is 0 Å². The molecule has 0 aromatic heterocycles. The van der Waals surface area contributed by atoms with Crippen LogP contribution in [-0.4, -0.2) is 49.2 Å². The van der Waals surface area contributed by atoms with Gasteiger partial charge in [-0.05, 0) is 50.5 Å². The van der Waals surface area contributed by atoms with Gasteiger partial charge in [-0.2, -0.15) is 8.42 Å². The van der Waals surface area contributed by atoms with Crippen LogP contribution in [0.25, 0.3) is 0 Å². The number of piperidine rings is 1. The quantitative estimate of drug-likeness (QED) is 0.383. The Hall–Kier alpha value is -3.27. The van der Waals surface area contributed by atoms with Crippen LogP contribution >= 0.6 is 0 Å². The molecule has 0 aliphatic carbocycles. The van der Waals surface area contributed by atoms with Crippen LogP contribution in [0, 0.1) is 17.0 Å². The predicted molar refractivity (Wildman–Crippen MR) is 117 cm³/mol. The second kappa shape index (κ2) is 8.70. The molecule has 0 radical (unpaired) electrons. The smallest absolute Gasteiger partial charge is 0.338 e. The number of ether oxygens (including phenoxy) is 1. The normalized spacial score (nSPS) is 19.2. The van der Waals surface area contributed by atoms with E-state index in [9.17, 15) is 23.3 Å². The summed E-state index contributed by atoms with van der Waals surface area (Å²) < 4.78 is 34.3. The van der Waals surface area contributed by atoms with Crippen molar-refractivity contribution < 1.29 is 22.9 Å². The molecule has 10 heteroatoms. The lowest BCUT2D eigenvalue weighted by atomic mass is 9.98. The zero-order chi connectivity index (χ0) is 22.9. The highest BCUT2D eigenvalue weighted by Crippen LogP contribution is 2.31. The summed E-state index contributed by atoms with van der Waals surface area (Å²) in [6, 6.07) is 10.9. The summed E-state index contributed by atoms with van der Waals surface area (Å²) in [6.45, 7) is 2.41. The van der Waals surface area contributed by atoms with Gasteiger partial charge in [0.05, 0.1) is 17.1 Å². The first-order valence-electron chi connectivity index (χ1n) is 10.4. The third-order valence-corrected chi connectivity index (χ3v) is 7.15. The average Bonchev–Trinajstić information content (AvgIpc) is 3.04. The number of nitro groups is 1. The SMILES string of the molecule is Cc1cc(C(=O)OCC[C@@H]2CCCCN2C2=NS(=O)(=O)c3ccccc32)ccc1[N+](=O)[O-]. The molecule has 1 saturated heterocycles. The van der Waals surface area contributed by atoms with Crippen LogP contribution in [0.3, 0.4) is 0 Å². The largest absolute Gasteiger partial charge is 0.462 e. The maximum absolute atomic E-state index is 12.4. The number of sulfonamides is 1. The number of nitrogens with zero attached hydrogens (tertiary/aromatic N) is 3. The Balaban J connectivity index is 1.44. The van der Waals surface area contributed by atoms with E-state index in [4.69, 9.17) is 4.74 Å². The summed E-state index contributed by atoms with van der Waals surface area (Å²) in [5, 5.41) is 10.9. The highest BCUT2D eigenvalue weighted by molar-refractivity contribution is 7.90. The van der Waals surface area contributed by atoms with Gasteiger partial charge in [-0.1, -0.05) is 12.1 Å². The lowest BCUT2D eigenvalue weighted by Gasteiger charge is -2.37. The van der Waals surface area contributed by atoms with E-state index in [1.807, 2.05) is 4.90 Å². The first-order valence-corrected chi connectivity index (χ1v) is 11.8. The number of nitro benzene ring substituents is 1. The molecule has 2 heterocycles. The molecule has 1 fully saturated rings. The number of amidine groups is 1. The number of carbonyl (C=O) groups is 1. The standard InChI is InChI=1S/C22H23N3O6S/c1-15-14-16(9-10-19(15)25(27)28)22(26)31-13-11-17-6-4-5-12-24(17)21-18-7-2-3-8-20(18)32(29,30)23-21/h2-3,7-10,14,17H,4-6,11-13H2,1H3/t17-/m0/s1. The summed E-state index contributed by atoms with van der Waals surface area (Å²) in [4.78, 5) is 25.1. The van der Waals surface area contributed by atoms with E-state index < -0.39 is 20.9 Å². The molecule has 0 spiro atoms. The molecule has 0 N–H and O–H groups in total. The van der Waals surface area contributed by atoms with Gasteiger partial charge in [0.15, 0.2) is 5.84 Å². The maximum Gasteiger partial charge on any atom is 0.338 e. The zero-order valence-electron chi connectivity index (χ0n) is 17.6. The van der Waals surface area contributed by atoms with Crippen molar-refractivity contribution in [3.8, 4) is 0 Å². The summed E-state index contributed by atoms with van der Waals surface area (Å²) in [5.41, 5.74) is 1.21. The van der Waals surface area contributed by atoms with Crippen molar-refractivity contribution in [1.82, 2.24) is 4.90 Å². The molecule has 2 aliphatic rings. The molecule has 0 amide bonds. The number of fused-ring (bicyclic) bond motifs is 1. The molecule has 32 heavy (non-hydrogen) atoms. The minimum absolute atomic E-state index is 0.00440. The lowest BCUT2D eigenvalue weighted by molar-refractivity contribution is -0.385. The zero-order valence-corrected chi connectivity index (χ0v) is 18.4. The van der Waals surface area contributed by atoms with Gasteiger partial charge >= 0.3 is 5.97 Å². The maximum atomic E-state index is 12.4. The molecule has 2 aromatic rings. The van der Waals surface area contributed by atoms with Crippen LogP contribution in [0.2, 0.25) is 0 Å². The van der Waals surface area contributed by atoms with Crippen molar-refractivity contribution in [2.24, 2.45) is 4.40 Å². The van der Waals surface area contributed by atoms with Gasteiger partial charge in [0.1, 0.15) is 4.90 Å². The van der Waals surface area contributed by atoms with Crippen LogP contribution in [-0.2, 0) is 14.8 Å². The van der Waals surface area contributed by atoms with Crippen molar-refractivity contribution in [2.45, 2.75) is 43.5 Å². The first kappa shape index (κ1) is 21.9. The van der Waals surface area contributed by atoms with Gasteiger partial charge in [0.2, 0.25) is 0 Å². The molecule has 0 bridgehead atoms. The Morgan fingerprint density at radius 3 is 2.78 bits per heavy atom. The van der Waals surface area contributed by atoms with Gasteiger partial charge in [-0.3, -0.25) is 10.1 Å². The van der Waals surface area contributed by atoms with E-state index in [1.165, 1.54) is 18.2 Å². The Labute approximate surface area is 185 Å². The van der Waals surface area contributed by atoms with Gasteiger partial charge in [0.25, 0.3) is 15.7 Å². The van der Waals surface area contributed by atoms with Crippen LogP contribution in [0.5, 0.6) is 0 Å². The molecule has 1 atom stereocenters. The second-order valence-corrected chi connectivity index (χ2v) is 9.48. The number of hydrogen-bond donors (Lipinski definition) is 0. The fourth-order valence-corrected chi connectivity index (χ4v) is 5.45. The first-order chi connectivity index (χ1) is 15.3. The summed E-state index contributed by atoms with van der Waals surface area (Å²) in [7, 11) is -3.70. The average molecular weight is 458 g/mol. The monoisotopic (exact) mass is 457 g/mol. The molecule has 0 saturated carbocycles. The predicted octanol–water partition coefficient (Wildman–Crippen LogP) is 3.45. The Bertz CT molecular complexity index is 1210. The Morgan fingerprint density at radius 2 is 2.03 bits per heavy atom. The summed E-state index contributed by atoms with van der Waals surface area (Å²) in [6.07, 6.45) is 3.30. The van der Waals surface area contributed by atoms with Gasteiger partial charge in [0, 0.05) is 36.2 Å². The number of rotatable bonds is 5. The number of hydrogen-bond acceptors (Lipinski definition) is 7. The van der Waals surface area contributed by atoms with E-state index in [2.05, 4.69) is 4.40 Å². The molecule has 9 nitrogen and oxygen atoms in total. The van der Waals surface area contributed by atoms with Gasteiger partial charge < -0.3 is 9.64 Å². The molecule has 2 aliphatic heterocycles. The summed E-state index contributed by atoms with van der Waals surface area (Å²) in [5.74, 6) is -0.0842. The molecule has 2 aromatic carbocycles. The third-order valence-electron chi connectivity index (χ3n) is 5.83. The number of esters is 1. The molecule has 4 rings (SSSR count). The van der Waals surface area contributed by atoms with Crippen LogP contribution in [0.15, 0.2) is 51.8 Å². The fraction of sp³-hybridized carbons (Fsp3) is 0.364. The van der Waals surface area contributed by atoms with E-state index in [-0.39, 0.29) is 28.8 Å². The highest BCUT2D eigenvalue weighted by atomic mass is 32.2. The lowest BCUT2D eigenvalue weighted by Crippen LogP contribution is -2.44. The van der Waals surface area contributed by atoms with Crippen LogP contribution in [0.1, 0.15) is 47.2 Å². The molecular formula is C22H23N3O6S. The Morgan fingerprint density at radius 1 is 1.25 bits per heavy atom. The molecule has 0 unspecified atom stereocenters. The summed E-state index contributed by atoms with van der Waals surface area (Å²) >= 11 is 0. The van der Waals surface area contributed by atoms with Crippen molar-refractivity contribution >= 4 is 27.5 Å². The third kappa shape index (κ3) is 4.22. The van der Waals surface area contributed by atoms with E-state index in [1.54, 1.807) is 31.2 Å². The van der Waals surface area contributed by atoms with E-state index in [0.717, 1.165) is 19.3 Å². The van der Waals surface area contributed by atoms with Crippen molar-refractivity contribution in [2.75, 3.05) is 13.2 Å². The van der Waals surface area contributed by atoms with Gasteiger partial charge in [-0.15, -0.1) is 4.40 Å². The van der Waals surface area contributed by atoms with Crippen LogP contribution in [0.4, 0.5) is 5.69 Å². The number of aryl methyl sites for hydroxylation is 1. The van der Waals surface area contributed by atoms with Crippen LogP contribution < -0.4 is 0 Å². The fourth-order valence-electron chi connectivity index (χ4n) is 4.23. The van der Waals surface area contributed by atoms with Crippen molar-refractivity contribution in [3.05, 3.63) is 69.3 Å². The van der Waals surface area contributed by atoms with Crippen molar-refractivity contribution in [3.63, 3.8) is 0 Å². The van der Waals surface area contributed by atoms with E-state index in [0.29, 0.717) is 29.9 Å². The second-order valence-electron chi connectivity index (χ2n) is 7.91. The molecular weight excluding hydrogens is 434 g/mol. The minimum atomic E-state index is -3.70. The highest BCUT2D eigenvalue weighted by Gasteiger charge is 2.35. The Kier molecular flexibility index (Phi) is 5.96. The number of carbonyl (C=O) groups excluding carboxylic acids is 1.